The van der Waals surface area contributed by atoms with Gasteiger partial charge in [-0.1, -0.05) is 103 Å². The standard InChI is InChI=1S/C21H24ClFN4O2S.C17H19ClFN3O3S.C6H14O3/c1-6-19-24-25-20(27(19)5)15-11-16(22)17(23)12-18(15)26-30(28,29)14-9-7-13(8-10-14)21(2,3)4;1-17(2,3)10-4-6-11(7-5-10)26(24,25)22-15-9-14(19)13(18)8-12(15)16(23)21-20;1-5-6(7-2,8-3)9-4/h7-12,26H,6H2,1-5H3;4-9,22H,20H2,1-3H3,(H,21,23);5H2,1-4H3. The number of carbonyl (C=O) groups is 1. The van der Waals surface area contributed by atoms with Gasteiger partial charge >= 0.3 is 0 Å². The number of aromatic nitrogens is 3. The van der Waals surface area contributed by atoms with E-state index in [0.29, 0.717) is 30.1 Å². The summed E-state index contributed by atoms with van der Waals surface area (Å²) in [7, 11) is -1.60. The second-order valence-electron chi connectivity index (χ2n) is 16.4. The molecule has 5 rings (SSSR count). The number of halogens is 4. The largest absolute Gasteiger partial charge is 0.331 e. The predicted molar refractivity (Wildman–Crippen MR) is 250 cm³/mol. The first-order valence-corrected chi connectivity index (χ1v) is 23.7. The Kier molecular flexibility index (Phi) is 18.6. The SMILES string of the molecule is CC(C)(C)c1ccc(S(=O)(=O)Nc2cc(F)c(Cl)cc2C(=O)NN)cc1.CCC(OC)(OC)OC.CCc1nnc(-c2cc(Cl)c(F)cc2NS(=O)(=O)c2ccc(C(C)(C)C)cc2)n1C. The molecule has 1 amide bonds. The third-order valence-electron chi connectivity index (χ3n) is 9.93. The lowest BCUT2D eigenvalue weighted by Crippen LogP contribution is -2.34. The molecule has 0 saturated heterocycles. The van der Waals surface area contributed by atoms with E-state index in [2.05, 4.69) is 19.6 Å². The Morgan fingerprint density at radius 2 is 1.12 bits per heavy atom. The fraction of sp³-hybridized carbons (Fsp3) is 0.386. The number of anilines is 2. The number of amides is 1. The summed E-state index contributed by atoms with van der Waals surface area (Å²) in [5, 5.41) is 7.75. The van der Waals surface area contributed by atoms with Crippen molar-refractivity contribution in [3.8, 4) is 11.4 Å². The number of benzene rings is 4. The number of ether oxygens (including phenoxy) is 3. The summed E-state index contributed by atoms with van der Waals surface area (Å²) >= 11 is 11.6. The van der Waals surface area contributed by atoms with Gasteiger partial charge in [-0.2, -0.15) is 0 Å². The van der Waals surface area contributed by atoms with Gasteiger partial charge in [-0.25, -0.2) is 31.5 Å². The van der Waals surface area contributed by atoms with Gasteiger partial charge in [-0.05, 0) is 58.4 Å². The Balaban J connectivity index is 0.000000293. The van der Waals surface area contributed by atoms with E-state index in [0.717, 1.165) is 29.3 Å². The van der Waals surface area contributed by atoms with E-state index in [9.17, 15) is 30.4 Å². The predicted octanol–water partition coefficient (Wildman–Crippen LogP) is 9.11. The quantitative estimate of drug-likeness (QED) is 0.0379. The molecule has 21 heteroatoms. The number of nitrogens with zero attached hydrogens (tertiary/aromatic N) is 3. The number of carbonyl (C=O) groups excluding carboxylic acids is 1. The van der Waals surface area contributed by atoms with Crippen LogP contribution in [0.3, 0.4) is 0 Å². The van der Waals surface area contributed by atoms with Gasteiger partial charge in [0.1, 0.15) is 17.5 Å². The molecule has 0 radical (unpaired) electrons. The second-order valence-corrected chi connectivity index (χ2v) is 20.5. The lowest BCUT2D eigenvalue weighted by molar-refractivity contribution is -0.352. The van der Waals surface area contributed by atoms with E-state index in [-0.39, 0.29) is 47.6 Å². The molecule has 0 atom stereocenters. The summed E-state index contributed by atoms with van der Waals surface area (Å²) in [6.45, 7) is 16.0. The molecular formula is C44H57Cl2F2N7O8S2. The van der Waals surface area contributed by atoms with Crippen LogP contribution in [0.1, 0.15) is 89.1 Å². The van der Waals surface area contributed by atoms with E-state index >= 15 is 0 Å². The Morgan fingerprint density at radius 3 is 1.48 bits per heavy atom. The highest BCUT2D eigenvalue weighted by Crippen LogP contribution is 2.34. The van der Waals surface area contributed by atoms with Crippen LogP contribution >= 0.6 is 23.2 Å². The van der Waals surface area contributed by atoms with E-state index in [4.69, 9.17) is 43.3 Å². The summed E-state index contributed by atoms with van der Waals surface area (Å²) in [4.78, 5) is 11.9. The zero-order valence-corrected chi connectivity index (χ0v) is 41.5. The number of hydrogen-bond donors (Lipinski definition) is 4. The molecule has 5 N–H and O–H groups in total. The lowest BCUT2D eigenvalue weighted by Gasteiger charge is -2.26. The Morgan fingerprint density at radius 1 is 0.708 bits per heavy atom. The number of sulfonamides is 2. The minimum atomic E-state index is -4.05. The molecule has 0 saturated carbocycles. The molecule has 1 heterocycles. The molecule has 0 fully saturated rings. The molecule has 0 bridgehead atoms. The minimum absolute atomic E-state index is 0.0278. The molecule has 356 valence electrons. The van der Waals surface area contributed by atoms with Crippen LogP contribution < -0.4 is 20.7 Å². The average molecular weight is 985 g/mol. The zero-order valence-electron chi connectivity index (χ0n) is 38.4. The summed E-state index contributed by atoms with van der Waals surface area (Å²) in [6, 6.07) is 17.1. The summed E-state index contributed by atoms with van der Waals surface area (Å²) in [5.41, 5.74) is 3.49. The Labute approximate surface area is 390 Å². The molecule has 65 heavy (non-hydrogen) atoms. The van der Waals surface area contributed by atoms with E-state index in [1.807, 2.05) is 60.8 Å². The summed E-state index contributed by atoms with van der Waals surface area (Å²) in [6.07, 6.45) is 1.32. The first-order valence-electron chi connectivity index (χ1n) is 19.9. The van der Waals surface area contributed by atoms with Gasteiger partial charge in [0.2, 0.25) is 0 Å². The van der Waals surface area contributed by atoms with Crippen molar-refractivity contribution in [2.45, 2.75) is 94.8 Å². The normalized spacial score (nSPS) is 12.1. The van der Waals surface area contributed by atoms with Gasteiger partial charge in [0, 0.05) is 58.9 Å². The number of hydrogen-bond acceptors (Lipinski definition) is 11. The molecule has 15 nitrogen and oxygen atoms in total. The van der Waals surface area contributed by atoms with Gasteiger partial charge in [0.25, 0.3) is 31.9 Å². The van der Waals surface area contributed by atoms with Crippen molar-refractivity contribution >= 4 is 60.5 Å². The van der Waals surface area contributed by atoms with Crippen LogP contribution in [0, 0.1) is 11.6 Å². The average Bonchev–Trinajstić information content (AvgIpc) is 3.63. The van der Waals surface area contributed by atoms with Gasteiger partial charge in [-0.3, -0.25) is 19.7 Å². The van der Waals surface area contributed by atoms with Gasteiger partial charge in [-0.15, -0.1) is 10.2 Å². The van der Waals surface area contributed by atoms with Crippen LogP contribution in [0.4, 0.5) is 20.2 Å². The van der Waals surface area contributed by atoms with E-state index in [1.165, 1.54) is 30.3 Å². The Hall–Kier alpha value is -4.73. The van der Waals surface area contributed by atoms with Crippen molar-refractivity contribution in [1.29, 1.82) is 0 Å². The van der Waals surface area contributed by atoms with Crippen LogP contribution in [0.25, 0.3) is 11.4 Å². The fourth-order valence-electron chi connectivity index (χ4n) is 5.98. The lowest BCUT2D eigenvalue weighted by atomic mass is 9.87. The van der Waals surface area contributed by atoms with E-state index < -0.39 is 43.6 Å². The van der Waals surface area contributed by atoms with Crippen LogP contribution in [0.15, 0.2) is 82.6 Å². The highest BCUT2D eigenvalue weighted by molar-refractivity contribution is 7.93. The molecular weight excluding hydrogens is 928 g/mol. The third-order valence-corrected chi connectivity index (χ3v) is 13.3. The number of nitrogens with two attached hydrogens (primary N) is 1. The highest BCUT2D eigenvalue weighted by atomic mass is 35.5. The second kappa shape index (κ2) is 22.2. The first kappa shape index (κ1) is 54.6. The third kappa shape index (κ3) is 13.9. The number of rotatable bonds is 13. The topological polar surface area (TPSA) is 206 Å². The summed E-state index contributed by atoms with van der Waals surface area (Å²) in [5.74, 6) is 2.91. The van der Waals surface area contributed by atoms with Crippen molar-refractivity contribution in [2.24, 2.45) is 12.9 Å². The Bertz CT molecular complexity index is 2630. The highest BCUT2D eigenvalue weighted by Gasteiger charge is 2.27. The van der Waals surface area contributed by atoms with Gasteiger partial charge in [0.05, 0.1) is 36.8 Å². The van der Waals surface area contributed by atoms with Crippen LogP contribution in [0.2, 0.25) is 10.0 Å². The maximum Gasteiger partial charge on any atom is 0.281 e. The zero-order chi connectivity index (χ0) is 49.3. The van der Waals surface area contributed by atoms with Crippen molar-refractivity contribution in [3.05, 3.63) is 117 Å². The molecule has 4 aromatic carbocycles. The molecule has 0 aliphatic heterocycles. The fourth-order valence-corrected chi connectivity index (χ4v) is 8.44. The first-order chi connectivity index (χ1) is 30.1. The number of nitrogen functional groups attached to an aromatic ring is 1. The molecule has 0 aliphatic rings. The number of hydrazine groups is 1. The summed E-state index contributed by atoms with van der Waals surface area (Å²) < 4.78 is 100. The smallest absolute Gasteiger partial charge is 0.281 e. The molecule has 0 unspecified atom stereocenters. The van der Waals surface area contributed by atoms with Crippen molar-refractivity contribution in [3.63, 3.8) is 0 Å². The van der Waals surface area contributed by atoms with Crippen molar-refractivity contribution in [1.82, 2.24) is 20.2 Å². The van der Waals surface area contributed by atoms with Gasteiger partial charge in [0.15, 0.2) is 5.82 Å². The van der Waals surface area contributed by atoms with Crippen LogP contribution in [-0.2, 0) is 58.6 Å². The number of nitrogens with one attached hydrogen (secondary N) is 3. The van der Waals surface area contributed by atoms with Crippen LogP contribution in [-0.4, -0.2) is 64.8 Å². The molecule has 1 aromatic heterocycles. The molecule has 0 aliphatic carbocycles. The molecule has 0 spiro atoms. The van der Waals surface area contributed by atoms with Crippen LogP contribution in [0.5, 0.6) is 0 Å². The maximum atomic E-state index is 14.2. The number of methoxy groups -OCH3 is 3. The van der Waals surface area contributed by atoms with Crippen molar-refractivity contribution in [2.75, 3.05) is 30.8 Å². The maximum absolute atomic E-state index is 14.2. The van der Waals surface area contributed by atoms with Gasteiger partial charge < -0.3 is 18.8 Å². The monoisotopic (exact) mass is 983 g/mol. The number of aryl methyl sites for hydroxylation is 1. The van der Waals surface area contributed by atoms with E-state index in [1.54, 1.807) is 57.2 Å². The van der Waals surface area contributed by atoms with Crippen molar-refractivity contribution < 1.29 is 44.6 Å². The molecule has 5 aromatic rings. The minimum Gasteiger partial charge on any atom is -0.331 e.